The minimum absolute atomic E-state index is 0.325. The van der Waals surface area contributed by atoms with E-state index in [0.29, 0.717) is 28.7 Å². The molecule has 0 radical (unpaired) electrons. The van der Waals surface area contributed by atoms with Gasteiger partial charge in [-0.05, 0) is 35.4 Å². The normalized spacial score (nSPS) is 11.0. The van der Waals surface area contributed by atoms with Crippen LogP contribution in [0.1, 0.15) is 16.7 Å². The van der Waals surface area contributed by atoms with Gasteiger partial charge in [0.25, 0.3) is 0 Å². The minimum Gasteiger partial charge on any atom is -0.493 e. The molecule has 0 N–H and O–H groups in total. The van der Waals surface area contributed by atoms with Crippen LogP contribution in [0.5, 0.6) is 11.5 Å². The zero-order chi connectivity index (χ0) is 19.9. The zero-order valence-corrected chi connectivity index (χ0v) is 17.5. The molecule has 0 aromatic heterocycles. The van der Waals surface area contributed by atoms with Crippen LogP contribution < -0.4 is 9.47 Å². The number of methoxy groups -OCH3 is 1. The van der Waals surface area contributed by atoms with Crippen molar-refractivity contribution < 1.29 is 9.47 Å². The lowest BCUT2D eigenvalue weighted by Gasteiger charge is -2.14. The number of nitrogens with zero attached hydrogens (tertiary/aromatic N) is 1. The fourth-order valence-electron chi connectivity index (χ4n) is 2.66. The number of rotatable bonds is 6. The molecule has 3 aromatic carbocycles. The molecule has 0 saturated heterocycles. The highest BCUT2D eigenvalue weighted by Crippen LogP contribution is 2.36. The van der Waals surface area contributed by atoms with Crippen LogP contribution in [-0.4, -0.2) is 7.11 Å². The summed E-state index contributed by atoms with van der Waals surface area (Å²) in [4.78, 5) is 0. The van der Waals surface area contributed by atoms with Crippen molar-refractivity contribution in [2.45, 2.75) is 6.61 Å². The van der Waals surface area contributed by atoms with Crippen LogP contribution in [0.4, 0.5) is 0 Å². The third kappa shape index (κ3) is 4.75. The van der Waals surface area contributed by atoms with Crippen LogP contribution in [0.3, 0.4) is 0 Å². The van der Waals surface area contributed by atoms with Crippen molar-refractivity contribution in [3.8, 4) is 17.6 Å². The topological polar surface area (TPSA) is 42.2 Å². The van der Waals surface area contributed by atoms with Crippen molar-refractivity contribution >= 4 is 39.2 Å². The highest BCUT2D eigenvalue weighted by molar-refractivity contribution is 9.10. The van der Waals surface area contributed by atoms with Crippen LogP contribution in [0, 0.1) is 11.3 Å². The highest BCUT2D eigenvalue weighted by atomic mass is 79.9. The summed E-state index contributed by atoms with van der Waals surface area (Å²) in [6.45, 7) is 0.325. The van der Waals surface area contributed by atoms with E-state index in [1.165, 1.54) is 0 Å². The molecule has 0 bridgehead atoms. The third-order valence-electron chi connectivity index (χ3n) is 4.13. The molecule has 0 spiro atoms. The van der Waals surface area contributed by atoms with Crippen LogP contribution in [0.25, 0.3) is 11.6 Å². The lowest BCUT2D eigenvalue weighted by molar-refractivity contribution is 0.284. The molecule has 5 heteroatoms. The van der Waals surface area contributed by atoms with Crippen molar-refractivity contribution in [3.63, 3.8) is 0 Å². The number of hydrogen-bond donors (Lipinski definition) is 0. The largest absolute Gasteiger partial charge is 0.493 e. The summed E-state index contributed by atoms with van der Waals surface area (Å²) >= 11 is 9.76. The Morgan fingerprint density at radius 1 is 1.07 bits per heavy atom. The standard InChI is InChI=1S/C23H17BrClNO2/c1-27-22-12-18(11-19(14-26)16-7-3-2-4-8-16)20(24)13-23(22)28-15-17-9-5-6-10-21(17)25/h2-13H,15H2,1H3. The van der Waals surface area contributed by atoms with Crippen molar-refractivity contribution in [2.75, 3.05) is 7.11 Å². The number of halogens is 2. The average Bonchev–Trinajstić information content (AvgIpc) is 2.73. The summed E-state index contributed by atoms with van der Waals surface area (Å²) in [6.07, 6.45) is 1.82. The monoisotopic (exact) mass is 453 g/mol. The maximum Gasteiger partial charge on any atom is 0.162 e. The lowest BCUT2D eigenvalue weighted by Crippen LogP contribution is -1.99. The molecular formula is C23H17BrClNO2. The Kier molecular flexibility index (Phi) is 6.76. The lowest BCUT2D eigenvalue weighted by atomic mass is 10.0. The van der Waals surface area contributed by atoms with E-state index in [4.69, 9.17) is 21.1 Å². The first-order valence-electron chi connectivity index (χ1n) is 8.53. The van der Waals surface area contributed by atoms with E-state index < -0.39 is 0 Å². The molecule has 0 saturated carbocycles. The van der Waals surface area contributed by atoms with Gasteiger partial charge >= 0.3 is 0 Å². The van der Waals surface area contributed by atoms with Gasteiger partial charge in [0.15, 0.2) is 11.5 Å². The van der Waals surface area contributed by atoms with Gasteiger partial charge < -0.3 is 9.47 Å². The van der Waals surface area contributed by atoms with Gasteiger partial charge in [0, 0.05) is 15.1 Å². The number of hydrogen-bond acceptors (Lipinski definition) is 3. The first-order chi connectivity index (χ1) is 13.6. The van der Waals surface area contributed by atoms with Crippen molar-refractivity contribution in [3.05, 3.63) is 92.9 Å². The number of allylic oxidation sites excluding steroid dienone is 1. The summed E-state index contributed by atoms with van der Waals surface area (Å²) in [5.74, 6) is 1.16. The molecule has 0 unspecified atom stereocenters. The Hall–Kier alpha value is -2.74. The molecular weight excluding hydrogens is 438 g/mol. The van der Waals surface area contributed by atoms with E-state index in [0.717, 1.165) is 21.2 Å². The third-order valence-corrected chi connectivity index (χ3v) is 5.18. The molecule has 0 aliphatic carbocycles. The molecule has 28 heavy (non-hydrogen) atoms. The van der Waals surface area contributed by atoms with Crippen molar-refractivity contribution in [1.82, 2.24) is 0 Å². The number of benzene rings is 3. The predicted octanol–water partition coefficient (Wildman–Crippen LogP) is 6.75. The van der Waals surface area contributed by atoms with E-state index in [1.54, 1.807) is 7.11 Å². The Morgan fingerprint density at radius 2 is 1.79 bits per heavy atom. The molecule has 3 aromatic rings. The van der Waals surface area contributed by atoms with Gasteiger partial charge in [-0.3, -0.25) is 0 Å². The molecule has 0 aliphatic heterocycles. The van der Waals surface area contributed by atoms with Gasteiger partial charge in [-0.15, -0.1) is 0 Å². The number of ether oxygens (including phenoxy) is 2. The van der Waals surface area contributed by atoms with Crippen molar-refractivity contribution in [1.29, 1.82) is 5.26 Å². The molecule has 3 nitrogen and oxygen atoms in total. The molecule has 0 heterocycles. The van der Waals surface area contributed by atoms with Gasteiger partial charge in [-0.2, -0.15) is 5.26 Å². The smallest absolute Gasteiger partial charge is 0.162 e. The summed E-state index contributed by atoms with van der Waals surface area (Å²) in [7, 11) is 1.58. The molecule has 0 amide bonds. The van der Waals surface area contributed by atoms with E-state index in [9.17, 15) is 5.26 Å². The highest BCUT2D eigenvalue weighted by Gasteiger charge is 2.12. The molecule has 3 rings (SSSR count). The van der Waals surface area contributed by atoms with E-state index in [2.05, 4.69) is 22.0 Å². The Bertz CT molecular complexity index is 1040. The minimum atomic E-state index is 0.325. The maximum atomic E-state index is 9.55. The Morgan fingerprint density at radius 3 is 2.46 bits per heavy atom. The first-order valence-corrected chi connectivity index (χ1v) is 9.70. The maximum absolute atomic E-state index is 9.55. The van der Waals surface area contributed by atoms with Crippen LogP contribution in [0.15, 0.2) is 71.2 Å². The summed E-state index contributed by atoms with van der Waals surface area (Å²) < 4.78 is 12.2. The van der Waals surface area contributed by atoms with Gasteiger partial charge in [0.05, 0.1) is 18.8 Å². The van der Waals surface area contributed by atoms with Gasteiger partial charge in [0.1, 0.15) is 6.61 Å². The zero-order valence-electron chi connectivity index (χ0n) is 15.2. The van der Waals surface area contributed by atoms with Crippen LogP contribution in [0.2, 0.25) is 5.02 Å². The fraction of sp³-hybridized carbons (Fsp3) is 0.0870. The first kappa shape index (κ1) is 20.0. The van der Waals surface area contributed by atoms with E-state index in [-0.39, 0.29) is 0 Å². The van der Waals surface area contributed by atoms with Crippen LogP contribution >= 0.6 is 27.5 Å². The Balaban J connectivity index is 1.90. The second-order valence-corrected chi connectivity index (χ2v) is 7.20. The molecule has 140 valence electrons. The van der Waals surface area contributed by atoms with Crippen molar-refractivity contribution in [2.24, 2.45) is 0 Å². The summed E-state index contributed by atoms with van der Waals surface area (Å²) in [5, 5.41) is 10.2. The van der Waals surface area contributed by atoms with E-state index in [1.807, 2.05) is 72.8 Å². The van der Waals surface area contributed by atoms with Gasteiger partial charge in [-0.1, -0.05) is 76.1 Å². The second kappa shape index (κ2) is 9.45. The SMILES string of the molecule is COc1cc(C=C(C#N)c2ccccc2)c(Br)cc1OCc1ccccc1Cl. The molecule has 0 fully saturated rings. The molecule has 0 aliphatic rings. The molecule has 0 atom stereocenters. The summed E-state index contributed by atoms with van der Waals surface area (Å²) in [5.41, 5.74) is 3.13. The van der Waals surface area contributed by atoms with Gasteiger partial charge in [-0.25, -0.2) is 0 Å². The van der Waals surface area contributed by atoms with Crippen LogP contribution in [-0.2, 0) is 6.61 Å². The average molecular weight is 455 g/mol. The number of nitriles is 1. The second-order valence-electron chi connectivity index (χ2n) is 5.94. The van der Waals surface area contributed by atoms with E-state index >= 15 is 0 Å². The fourth-order valence-corrected chi connectivity index (χ4v) is 3.29. The quantitative estimate of drug-likeness (QED) is 0.305. The predicted molar refractivity (Wildman–Crippen MR) is 116 cm³/mol. The van der Waals surface area contributed by atoms with Gasteiger partial charge in [0.2, 0.25) is 0 Å². The summed E-state index contributed by atoms with van der Waals surface area (Å²) in [6, 6.07) is 23.0. The Labute approximate surface area is 177 Å².